The summed E-state index contributed by atoms with van der Waals surface area (Å²) in [5.74, 6) is -0.447. The van der Waals surface area contributed by atoms with E-state index in [1.807, 2.05) is 18.4 Å². The van der Waals surface area contributed by atoms with Crippen molar-refractivity contribution in [3.8, 4) is 5.69 Å². The molecular weight excluding hydrogens is 313 g/mol. The van der Waals surface area contributed by atoms with Crippen LogP contribution in [0.3, 0.4) is 0 Å². The summed E-state index contributed by atoms with van der Waals surface area (Å²) in [6, 6.07) is 10.1. The molecular formula is C17H16FN3OS. The number of benzene rings is 1. The lowest BCUT2D eigenvalue weighted by molar-refractivity contribution is 0.0953. The number of hydrogen-bond acceptors (Lipinski definition) is 3. The van der Waals surface area contributed by atoms with Crippen LogP contribution in [0, 0.1) is 12.7 Å². The third kappa shape index (κ3) is 3.48. The van der Waals surface area contributed by atoms with Gasteiger partial charge in [0.05, 0.1) is 23.1 Å². The van der Waals surface area contributed by atoms with E-state index in [2.05, 4.69) is 16.5 Å². The Labute approximate surface area is 137 Å². The molecule has 3 rings (SSSR count). The zero-order valence-corrected chi connectivity index (χ0v) is 13.4. The van der Waals surface area contributed by atoms with Crippen LogP contribution in [0.2, 0.25) is 0 Å². The predicted octanol–water partition coefficient (Wildman–Crippen LogP) is 3.35. The number of carbonyl (C=O) groups is 1. The molecule has 0 atom stereocenters. The van der Waals surface area contributed by atoms with Crippen molar-refractivity contribution < 1.29 is 9.18 Å². The van der Waals surface area contributed by atoms with Crippen LogP contribution in [0.5, 0.6) is 0 Å². The zero-order valence-electron chi connectivity index (χ0n) is 12.6. The Balaban J connectivity index is 1.68. The number of amides is 1. The van der Waals surface area contributed by atoms with Gasteiger partial charge >= 0.3 is 0 Å². The molecule has 0 saturated heterocycles. The summed E-state index contributed by atoms with van der Waals surface area (Å²) in [6.45, 7) is 2.41. The first-order valence-electron chi connectivity index (χ1n) is 7.26. The molecule has 6 heteroatoms. The Bertz CT molecular complexity index is 794. The van der Waals surface area contributed by atoms with Gasteiger partial charge in [-0.2, -0.15) is 5.10 Å². The first kappa shape index (κ1) is 15.4. The molecule has 0 aliphatic heterocycles. The maximum atomic E-state index is 13.0. The molecule has 4 nitrogen and oxygen atoms in total. The molecule has 0 bridgehead atoms. The third-order valence-corrected chi connectivity index (χ3v) is 4.50. The summed E-state index contributed by atoms with van der Waals surface area (Å²) in [5, 5.41) is 9.16. The van der Waals surface area contributed by atoms with E-state index in [-0.39, 0.29) is 11.7 Å². The number of nitrogens with zero attached hydrogens (tertiary/aromatic N) is 2. The Morgan fingerprint density at radius 3 is 2.78 bits per heavy atom. The smallest absolute Gasteiger partial charge is 0.254 e. The molecule has 2 heterocycles. The van der Waals surface area contributed by atoms with Crippen LogP contribution >= 0.6 is 11.3 Å². The highest BCUT2D eigenvalue weighted by Crippen LogP contribution is 2.15. The van der Waals surface area contributed by atoms with Gasteiger partial charge in [-0.15, -0.1) is 11.3 Å². The minimum atomic E-state index is -0.301. The second kappa shape index (κ2) is 6.75. The van der Waals surface area contributed by atoms with Crippen molar-refractivity contribution >= 4 is 17.2 Å². The highest BCUT2D eigenvalue weighted by molar-refractivity contribution is 7.09. The molecule has 1 amide bonds. The van der Waals surface area contributed by atoms with Crippen LogP contribution < -0.4 is 5.32 Å². The largest absolute Gasteiger partial charge is 0.352 e. The van der Waals surface area contributed by atoms with Gasteiger partial charge in [-0.05, 0) is 49.1 Å². The second-order valence-corrected chi connectivity index (χ2v) is 6.15. The van der Waals surface area contributed by atoms with Crippen molar-refractivity contribution in [2.75, 3.05) is 6.54 Å². The van der Waals surface area contributed by atoms with Crippen LogP contribution in [-0.2, 0) is 6.42 Å². The second-order valence-electron chi connectivity index (χ2n) is 5.12. The normalized spacial score (nSPS) is 10.7. The molecule has 0 unspecified atom stereocenters. The summed E-state index contributed by atoms with van der Waals surface area (Å²) in [4.78, 5) is 13.5. The third-order valence-electron chi connectivity index (χ3n) is 3.56. The molecule has 3 aromatic rings. The van der Waals surface area contributed by atoms with Crippen molar-refractivity contribution in [1.82, 2.24) is 15.1 Å². The number of rotatable bonds is 5. The predicted molar refractivity (Wildman–Crippen MR) is 88.6 cm³/mol. The highest BCUT2D eigenvalue weighted by Gasteiger charge is 2.14. The van der Waals surface area contributed by atoms with Gasteiger partial charge in [-0.25, -0.2) is 9.07 Å². The monoisotopic (exact) mass is 329 g/mol. The van der Waals surface area contributed by atoms with Crippen molar-refractivity contribution in [3.05, 3.63) is 69.9 Å². The molecule has 1 aromatic carbocycles. The van der Waals surface area contributed by atoms with Crippen molar-refractivity contribution in [2.45, 2.75) is 13.3 Å². The van der Waals surface area contributed by atoms with Crippen LogP contribution in [0.25, 0.3) is 5.69 Å². The number of thiophene rings is 1. The number of nitrogens with one attached hydrogen (secondary N) is 1. The van der Waals surface area contributed by atoms with E-state index in [4.69, 9.17) is 0 Å². The molecule has 118 valence electrons. The molecule has 0 aliphatic carbocycles. The average molecular weight is 329 g/mol. The molecule has 0 spiro atoms. The van der Waals surface area contributed by atoms with Gasteiger partial charge < -0.3 is 5.32 Å². The lowest BCUT2D eigenvalue weighted by atomic mass is 10.2. The van der Waals surface area contributed by atoms with Gasteiger partial charge in [-0.3, -0.25) is 4.79 Å². The van der Waals surface area contributed by atoms with Crippen LogP contribution in [0.1, 0.15) is 20.9 Å². The molecule has 2 aromatic heterocycles. The number of hydrogen-bond donors (Lipinski definition) is 1. The van der Waals surface area contributed by atoms with E-state index >= 15 is 0 Å². The summed E-state index contributed by atoms with van der Waals surface area (Å²) in [6.07, 6.45) is 2.35. The fourth-order valence-electron chi connectivity index (χ4n) is 2.32. The van der Waals surface area contributed by atoms with E-state index in [1.165, 1.54) is 17.0 Å². The molecule has 23 heavy (non-hydrogen) atoms. The first-order chi connectivity index (χ1) is 11.1. The fraction of sp³-hybridized carbons (Fsp3) is 0.176. The Morgan fingerprint density at radius 2 is 2.09 bits per heavy atom. The first-order valence-corrected chi connectivity index (χ1v) is 8.14. The van der Waals surface area contributed by atoms with Crippen LogP contribution in [-0.4, -0.2) is 22.2 Å². The van der Waals surface area contributed by atoms with Crippen molar-refractivity contribution in [3.63, 3.8) is 0 Å². The lowest BCUT2D eigenvalue weighted by Crippen LogP contribution is -2.25. The Kier molecular flexibility index (Phi) is 4.52. The molecule has 0 saturated carbocycles. The summed E-state index contributed by atoms with van der Waals surface area (Å²) < 4.78 is 14.6. The summed E-state index contributed by atoms with van der Waals surface area (Å²) in [7, 11) is 0. The van der Waals surface area contributed by atoms with Gasteiger partial charge in [0.15, 0.2) is 0 Å². The van der Waals surface area contributed by atoms with Gasteiger partial charge in [0.1, 0.15) is 5.82 Å². The molecule has 0 aliphatic rings. The topological polar surface area (TPSA) is 46.9 Å². The van der Waals surface area contributed by atoms with E-state index in [0.717, 1.165) is 17.8 Å². The van der Waals surface area contributed by atoms with E-state index in [1.54, 1.807) is 34.3 Å². The highest BCUT2D eigenvalue weighted by atomic mass is 32.1. The molecule has 0 fully saturated rings. The Hall–Kier alpha value is -2.47. The quantitative estimate of drug-likeness (QED) is 0.780. The van der Waals surface area contributed by atoms with Crippen molar-refractivity contribution in [1.29, 1.82) is 0 Å². The minimum absolute atomic E-state index is 0.146. The summed E-state index contributed by atoms with van der Waals surface area (Å²) >= 11 is 1.68. The molecule has 1 N–H and O–H groups in total. The number of halogens is 1. The van der Waals surface area contributed by atoms with E-state index in [0.29, 0.717) is 12.1 Å². The number of carbonyl (C=O) groups excluding carboxylic acids is 1. The lowest BCUT2D eigenvalue weighted by Gasteiger charge is -2.06. The maximum absolute atomic E-state index is 13.0. The minimum Gasteiger partial charge on any atom is -0.352 e. The SMILES string of the molecule is Cc1c(C(=O)NCCc2cccs2)cnn1-c1ccc(F)cc1. The standard InChI is InChI=1S/C17H16FN3OS/c1-12-16(17(22)19-9-8-15-3-2-10-23-15)11-20-21(12)14-6-4-13(18)5-7-14/h2-7,10-11H,8-9H2,1H3,(H,19,22). The van der Waals surface area contributed by atoms with E-state index in [9.17, 15) is 9.18 Å². The summed E-state index contributed by atoms with van der Waals surface area (Å²) in [5.41, 5.74) is 1.98. The van der Waals surface area contributed by atoms with Gasteiger partial charge in [-0.1, -0.05) is 6.07 Å². The maximum Gasteiger partial charge on any atom is 0.254 e. The Morgan fingerprint density at radius 1 is 1.30 bits per heavy atom. The van der Waals surface area contributed by atoms with Gasteiger partial charge in [0.2, 0.25) is 0 Å². The van der Waals surface area contributed by atoms with Crippen molar-refractivity contribution in [2.24, 2.45) is 0 Å². The fourth-order valence-corrected chi connectivity index (χ4v) is 3.03. The van der Waals surface area contributed by atoms with Gasteiger partial charge in [0.25, 0.3) is 5.91 Å². The van der Waals surface area contributed by atoms with Gasteiger partial charge in [0, 0.05) is 11.4 Å². The van der Waals surface area contributed by atoms with Crippen LogP contribution in [0.15, 0.2) is 48.0 Å². The number of aromatic nitrogens is 2. The molecule has 0 radical (unpaired) electrons. The van der Waals surface area contributed by atoms with Crippen LogP contribution in [0.4, 0.5) is 4.39 Å². The van der Waals surface area contributed by atoms with E-state index < -0.39 is 0 Å². The zero-order chi connectivity index (χ0) is 16.2. The average Bonchev–Trinajstić information content (AvgIpc) is 3.18.